The van der Waals surface area contributed by atoms with Crippen molar-refractivity contribution >= 4 is 27.6 Å². The molecule has 0 bridgehead atoms. The van der Waals surface area contributed by atoms with E-state index >= 15 is 0 Å². The van der Waals surface area contributed by atoms with Crippen LogP contribution in [-0.2, 0) is 24.3 Å². The Balaban J connectivity index is 2.12. The number of hydrogen-bond acceptors (Lipinski definition) is 6. The van der Waals surface area contributed by atoms with Crippen molar-refractivity contribution in [1.82, 2.24) is 0 Å². The molecule has 29 heavy (non-hydrogen) atoms. The van der Waals surface area contributed by atoms with Crippen LogP contribution in [0.25, 0.3) is 0 Å². The molecule has 0 amide bonds. The van der Waals surface area contributed by atoms with Gasteiger partial charge >= 0.3 is 11.9 Å². The van der Waals surface area contributed by atoms with E-state index in [-0.39, 0.29) is 10.5 Å². The minimum atomic E-state index is -3.91. The van der Waals surface area contributed by atoms with Crippen molar-refractivity contribution in [3.05, 3.63) is 59.2 Å². The zero-order chi connectivity index (χ0) is 21.8. The second kappa shape index (κ2) is 8.65. The van der Waals surface area contributed by atoms with E-state index in [9.17, 15) is 18.0 Å². The highest BCUT2D eigenvalue weighted by molar-refractivity contribution is 7.92. The van der Waals surface area contributed by atoms with E-state index in [1.807, 2.05) is 19.1 Å². The van der Waals surface area contributed by atoms with Crippen LogP contribution in [0.15, 0.2) is 47.4 Å². The van der Waals surface area contributed by atoms with Gasteiger partial charge in [0.1, 0.15) is 0 Å². The summed E-state index contributed by atoms with van der Waals surface area (Å²) in [6.45, 7) is 8.13. The highest BCUT2D eigenvalue weighted by Gasteiger charge is 2.24. The molecule has 2 aromatic carbocycles. The highest BCUT2D eigenvalue weighted by atomic mass is 32.2. The van der Waals surface area contributed by atoms with Gasteiger partial charge in [0.05, 0.1) is 21.6 Å². The highest BCUT2D eigenvalue weighted by Crippen LogP contribution is 2.22. The summed E-state index contributed by atoms with van der Waals surface area (Å²) in [7, 11) is -3.91. The Bertz CT molecular complexity index is 1020. The topological polar surface area (TPSA) is 98.8 Å². The molecule has 0 saturated heterocycles. The molecule has 2 aromatic rings. The van der Waals surface area contributed by atoms with Crippen LogP contribution in [0.4, 0.5) is 5.69 Å². The van der Waals surface area contributed by atoms with Crippen LogP contribution in [0, 0.1) is 19.3 Å². The number of rotatable bonds is 6. The third-order valence-corrected chi connectivity index (χ3v) is 5.37. The number of carbonyl (C=O) groups is 2. The smallest absolute Gasteiger partial charge is 0.341 e. The quantitative estimate of drug-likeness (QED) is 0.565. The minimum Gasteiger partial charge on any atom is -0.427 e. The number of esters is 2. The largest absolute Gasteiger partial charge is 0.427 e. The summed E-state index contributed by atoms with van der Waals surface area (Å²) in [4.78, 5) is 23.8. The van der Waals surface area contributed by atoms with Crippen molar-refractivity contribution in [2.45, 2.75) is 39.5 Å². The molecular weight excluding hydrogens is 394 g/mol. The lowest BCUT2D eigenvalue weighted by molar-refractivity contribution is -0.161. The lowest BCUT2D eigenvalue weighted by Gasteiger charge is -2.16. The number of benzene rings is 2. The fraction of sp³-hybridized carbons (Fsp3) is 0.333. The van der Waals surface area contributed by atoms with Crippen LogP contribution in [0.2, 0.25) is 0 Å². The standard InChI is InChI=1S/C21H25NO6S/c1-14-9-10-15(2)18(11-14)22-29(25,26)17-8-6-7-16(12-17)19(23)27-13-28-20(24)21(3,4)5/h6-12,22H,13H2,1-5H3. The van der Waals surface area contributed by atoms with Crippen LogP contribution < -0.4 is 4.72 Å². The number of carbonyl (C=O) groups excluding carboxylic acids is 2. The third-order valence-electron chi connectivity index (χ3n) is 4.01. The van der Waals surface area contributed by atoms with Gasteiger partial charge in [-0.15, -0.1) is 0 Å². The first kappa shape index (κ1) is 22.4. The molecule has 0 saturated carbocycles. The van der Waals surface area contributed by atoms with Gasteiger partial charge in [0, 0.05) is 0 Å². The van der Waals surface area contributed by atoms with Crippen molar-refractivity contribution in [1.29, 1.82) is 0 Å². The number of sulfonamides is 1. The first-order chi connectivity index (χ1) is 13.4. The predicted octanol–water partition coefficient (Wildman–Crippen LogP) is 3.81. The Morgan fingerprint density at radius 2 is 1.69 bits per heavy atom. The Morgan fingerprint density at radius 3 is 2.34 bits per heavy atom. The molecule has 7 nitrogen and oxygen atoms in total. The minimum absolute atomic E-state index is 0.0284. The summed E-state index contributed by atoms with van der Waals surface area (Å²) in [5, 5.41) is 0. The van der Waals surface area contributed by atoms with Gasteiger partial charge in [0.25, 0.3) is 10.0 Å². The molecule has 0 fully saturated rings. The lowest BCUT2D eigenvalue weighted by Crippen LogP contribution is -2.24. The van der Waals surface area contributed by atoms with E-state index in [0.29, 0.717) is 5.69 Å². The fourth-order valence-corrected chi connectivity index (χ4v) is 3.44. The van der Waals surface area contributed by atoms with Crippen molar-refractivity contribution in [2.75, 3.05) is 11.5 Å². The first-order valence-corrected chi connectivity index (χ1v) is 10.4. The molecular formula is C21H25NO6S. The van der Waals surface area contributed by atoms with Crippen LogP contribution in [0.1, 0.15) is 42.3 Å². The molecule has 0 atom stereocenters. The summed E-state index contributed by atoms with van der Waals surface area (Å²) in [5.74, 6) is -1.31. The second-order valence-corrected chi connectivity index (χ2v) is 9.37. The van der Waals surface area contributed by atoms with Crippen molar-refractivity contribution in [3.8, 4) is 0 Å². The van der Waals surface area contributed by atoms with Gasteiger partial charge in [0.2, 0.25) is 6.79 Å². The average Bonchev–Trinajstić information content (AvgIpc) is 2.63. The molecule has 8 heteroatoms. The predicted molar refractivity (Wildman–Crippen MR) is 109 cm³/mol. The maximum atomic E-state index is 12.7. The Kier molecular flexibility index (Phi) is 6.69. The van der Waals surface area contributed by atoms with Crippen molar-refractivity contribution < 1.29 is 27.5 Å². The third kappa shape index (κ3) is 6.05. The monoisotopic (exact) mass is 419 g/mol. The van der Waals surface area contributed by atoms with Gasteiger partial charge in [-0.05, 0) is 70.0 Å². The van der Waals surface area contributed by atoms with E-state index < -0.39 is 34.2 Å². The second-order valence-electron chi connectivity index (χ2n) is 7.68. The first-order valence-electron chi connectivity index (χ1n) is 8.94. The number of aryl methyl sites for hydroxylation is 2. The fourth-order valence-electron chi connectivity index (χ4n) is 2.28. The normalized spacial score (nSPS) is 11.6. The van der Waals surface area contributed by atoms with Crippen molar-refractivity contribution in [2.24, 2.45) is 5.41 Å². The van der Waals surface area contributed by atoms with Gasteiger partial charge < -0.3 is 9.47 Å². The van der Waals surface area contributed by atoms with Crippen LogP contribution in [-0.4, -0.2) is 27.1 Å². The van der Waals surface area contributed by atoms with Gasteiger partial charge in [0.15, 0.2) is 0 Å². The van der Waals surface area contributed by atoms with Gasteiger partial charge in [-0.3, -0.25) is 9.52 Å². The van der Waals surface area contributed by atoms with Crippen LogP contribution in [0.3, 0.4) is 0 Å². The molecule has 0 radical (unpaired) electrons. The van der Waals surface area contributed by atoms with Gasteiger partial charge in [-0.1, -0.05) is 18.2 Å². The van der Waals surface area contributed by atoms with Crippen LogP contribution in [0.5, 0.6) is 0 Å². The SMILES string of the molecule is Cc1ccc(C)c(NS(=O)(=O)c2cccc(C(=O)OCOC(=O)C(C)(C)C)c2)c1. The molecule has 156 valence electrons. The Hall–Kier alpha value is -2.87. The number of ether oxygens (including phenoxy) is 2. The molecule has 2 rings (SSSR count). The molecule has 0 aliphatic carbocycles. The summed E-state index contributed by atoms with van der Waals surface area (Å²) in [6, 6.07) is 10.9. The average molecular weight is 419 g/mol. The van der Waals surface area contributed by atoms with Gasteiger partial charge in [-0.2, -0.15) is 0 Å². The van der Waals surface area contributed by atoms with E-state index in [0.717, 1.165) is 11.1 Å². The Labute approximate surface area is 171 Å². The maximum absolute atomic E-state index is 12.7. The van der Waals surface area contributed by atoms with Crippen molar-refractivity contribution in [3.63, 3.8) is 0 Å². The summed E-state index contributed by atoms with van der Waals surface area (Å²) in [5.41, 5.74) is 1.46. The molecule has 0 heterocycles. The van der Waals surface area contributed by atoms with E-state index in [1.54, 1.807) is 33.8 Å². The number of anilines is 1. The summed E-state index contributed by atoms with van der Waals surface area (Å²) < 4.78 is 37.8. The number of hydrogen-bond donors (Lipinski definition) is 1. The zero-order valence-corrected chi connectivity index (χ0v) is 17.9. The molecule has 1 N–H and O–H groups in total. The van der Waals surface area contributed by atoms with Crippen LogP contribution >= 0.6 is 0 Å². The van der Waals surface area contributed by atoms with E-state index in [1.165, 1.54) is 24.3 Å². The lowest BCUT2D eigenvalue weighted by atomic mass is 9.98. The summed E-state index contributed by atoms with van der Waals surface area (Å²) >= 11 is 0. The maximum Gasteiger partial charge on any atom is 0.341 e. The Morgan fingerprint density at radius 1 is 1.00 bits per heavy atom. The molecule has 0 aliphatic rings. The number of nitrogens with one attached hydrogen (secondary N) is 1. The summed E-state index contributed by atoms with van der Waals surface area (Å²) in [6.07, 6.45) is 0. The van der Waals surface area contributed by atoms with E-state index in [4.69, 9.17) is 9.47 Å². The van der Waals surface area contributed by atoms with E-state index in [2.05, 4.69) is 4.72 Å². The molecule has 0 unspecified atom stereocenters. The molecule has 0 spiro atoms. The van der Waals surface area contributed by atoms with Gasteiger partial charge in [-0.25, -0.2) is 13.2 Å². The zero-order valence-electron chi connectivity index (χ0n) is 17.1. The molecule has 0 aromatic heterocycles. The molecule has 0 aliphatic heterocycles.